The second-order valence-corrected chi connectivity index (χ2v) is 7.86. The van der Waals surface area contributed by atoms with Crippen LogP contribution in [0.1, 0.15) is 33.0 Å². The molecule has 1 N–H and O–H groups in total. The molecule has 0 aliphatic carbocycles. The van der Waals surface area contributed by atoms with Crippen molar-refractivity contribution in [3.05, 3.63) is 69.1 Å². The average Bonchev–Trinajstić information content (AvgIpc) is 3.39. The fraction of sp³-hybridized carbons (Fsp3) is 0.167. The number of furan rings is 1. The molecule has 27 heavy (non-hydrogen) atoms. The predicted octanol–water partition coefficient (Wildman–Crippen LogP) is 4.19. The van der Waals surface area contributed by atoms with Crippen LogP contribution in [0.2, 0.25) is 4.34 Å². The Balaban J connectivity index is 1.64. The summed E-state index contributed by atoms with van der Waals surface area (Å²) in [4.78, 5) is 26.3. The molecule has 9 heteroatoms. The zero-order valence-corrected chi connectivity index (χ0v) is 15.4. The van der Waals surface area contributed by atoms with Crippen molar-refractivity contribution in [2.75, 3.05) is 6.54 Å². The van der Waals surface area contributed by atoms with Crippen molar-refractivity contribution >= 4 is 39.8 Å². The first-order chi connectivity index (χ1) is 13.1. The van der Waals surface area contributed by atoms with Crippen LogP contribution in [0.3, 0.4) is 0 Å². The Bertz CT molecular complexity index is 1170. The van der Waals surface area contributed by atoms with Crippen LogP contribution in [0.15, 0.2) is 41.2 Å². The molecule has 4 aromatic rings. The molecule has 0 unspecified atom stereocenters. The number of carbonyl (C=O) groups is 1. The second-order valence-electron chi connectivity index (χ2n) is 6.19. The predicted molar refractivity (Wildman–Crippen MR) is 98.5 cm³/mol. The summed E-state index contributed by atoms with van der Waals surface area (Å²) in [5.74, 6) is -0.243. The number of aromatic amines is 1. The number of nitrogens with zero attached hydrogens (tertiary/aromatic N) is 3. The van der Waals surface area contributed by atoms with E-state index in [9.17, 15) is 9.18 Å². The lowest BCUT2D eigenvalue weighted by atomic mass is 10.00. The van der Waals surface area contributed by atoms with Gasteiger partial charge in [-0.05, 0) is 12.1 Å². The van der Waals surface area contributed by atoms with E-state index in [0.717, 1.165) is 17.0 Å². The van der Waals surface area contributed by atoms with Gasteiger partial charge >= 0.3 is 0 Å². The Labute approximate surface area is 161 Å². The van der Waals surface area contributed by atoms with Gasteiger partial charge < -0.3 is 14.3 Å². The van der Waals surface area contributed by atoms with Gasteiger partial charge in [-0.3, -0.25) is 4.79 Å². The Morgan fingerprint density at radius 3 is 3.07 bits per heavy atom. The average molecular weight is 403 g/mol. The van der Waals surface area contributed by atoms with E-state index in [-0.39, 0.29) is 11.5 Å². The molecule has 1 aliphatic heterocycles. The van der Waals surface area contributed by atoms with Crippen molar-refractivity contribution in [1.29, 1.82) is 0 Å². The molecule has 3 aromatic heterocycles. The Morgan fingerprint density at radius 2 is 2.30 bits per heavy atom. The van der Waals surface area contributed by atoms with Crippen molar-refractivity contribution < 1.29 is 13.6 Å². The number of H-pyrrole nitrogens is 1. The van der Waals surface area contributed by atoms with Crippen LogP contribution in [0.25, 0.3) is 11.0 Å². The molecular formula is C18H12ClFN4O2S. The number of aromatic nitrogens is 3. The van der Waals surface area contributed by atoms with E-state index in [1.165, 1.54) is 12.3 Å². The van der Waals surface area contributed by atoms with Crippen LogP contribution < -0.4 is 0 Å². The topological polar surface area (TPSA) is 75.0 Å². The lowest BCUT2D eigenvalue weighted by Gasteiger charge is -2.33. The van der Waals surface area contributed by atoms with E-state index in [1.807, 2.05) is 0 Å². The lowest BCUT2D eigenvalue weighted by molar-refractivity contribution is 0.0672. The van der Waals surface area contributed by atoms with Crippen molar-refractivity contribution in [3.8, 4) is 0 Å². The summed E-state index contributed by atoms with van der Waals surface area (Å²) in [6, 6.07) is 5.92. The van der Waals surface area contributed by atoms with E-state index < -0.39 is 11.9 Å². The van der Waals surface area contributed by atoms with Crippen LogP contribution in [0.5, 0.6) is 0 Å². The zero-order chi connectivity index (χ0) is 18.5. The number of carbonyl (C=O) groups excluding carboxylic acids is 1. The molecule has 0 radical (unpaired) electrons. The summed E-state index contributed by atoms with van der Waals surface area (Å²) in [7, 11) is 0. The number of amides is 1. The molecule has 0 fully saturated rings. The minimum Gasteiger partial charge on any atom is -0.455 e. The van der Waals surface area contributed by atoms with E-state index in [1.54, 1.807) is 29.4 Å². The number of hydrogen-bond acceptors (Lipinski definition) is 5. The third-order valence-electron chi connectivity index (χ3n) is 4.63. The third-order valence-corrected chi connectivity index (χ3v) is 5.73. The highest BCUT2D eigenvalue weighted by Gasteiger charge is 2.37. The van der Waals surface area contributed by atoms with E-state index in [4.69, 9.17) is 16.0 Å². The number of para-hydroxylation sites is 1. The quantitative estimate of drug-likeness (QED) is 0.545. The molecule has 1 aliphatic rings. The highest BCUT2D eigenvalue weighted by Crippen LogP contribution is 2.38. The lowest BCUT2D eigenvalue weighted by Crippen LogP contribution is -2.40. The molecule has 6 nitrogen and oxygen atoms in total. The summed E-state index contributed by atoms with van der Waals surface area (Å²) < 4.78 is 20.4. The van der Waals surface area contributed by atoms with Crippen LogP contribution in [-0.4, -0.2) is 32.3 Å². The monoisotopic (exact) mass is 402 g/mol. The molecule has 0 spiro atoms. The molecule has 0 bridgehead atoms. The van der Waals surface area contributed by atoms with Gasteiger partial charge in [0.2, 0.25) is 0 Å². The van der Waals surface area contributed by atoms with Crippen molar-refractivity contribution in [2.24, 2.45) is 0 Å². The molecule has 1 amide bonds. The number of halogens is 2. The maximum Gasteiger partial charge on any atom is 0.283 e. The summed E-state index contributed by atoms with van der Waals surface area (Å²) in [5, 5.41) is 0.934. The molecule has 5 rings (SSSR count). The fourth-order valence-corrected chi connectivity index (χ4v) is 4.31. The van der Waals surface area contributed by atoms with E-state index in [0.29, 0.717) is 39.1 Å². The van der Waals surface area contributed by atoms with Crippen molar-refractivity contribution in [3.63, 3.8) is 0 Å². The highest BCUT2D eigenvalue weighted by atomic mass is 35.5. The number of fused-ring (bicyclic) bond motifs is 2. The maximum atomic E-state index is 14.1. The Hall–Kier alpha value is -2.71. The normalized spacial score (nSPS) is 16.7. The molecule has 1 atom stereocenters. The first-order valence-corrected chi connectivity index (χ1v) is 9.43. The smallest absolute Gasteiger partial charge is 0.283 e. The van der Waals surface area contributed by atoms with Gasteiger partial charge in [0, 0.05) is 24.0 Å². The second kappa shape index (κ2) is 6.17. The Morgan fingerprint density at radius 1 is 1.41 bits per heavy atom. The highest BCUT2D eigenvalue weighted by molar-refractivity contribution is 7.17. The minimum absolute atomic E-state index is 0.167. The number of thiazole rings is 1. The summed E-state index contributed by atoms with van der Waals surface area (Å²) in [6.07, 6.45) is 3.68. The van der Waals surface area contributed by atoms with Gasteiger partial charge in [0.05, 0.1) is 18.2 Å². The summed E-state index contributed by atoms with van der Waals surface area (Å²) >= 11 is 7.06. The zero-order valence-electron chi connectivity index (χ0n) is 13.8. The van der Waals surface area contributed by atoms with Crippen LogP contribution in [0.4, 0.5) is 4.39 Å². The van der Waals surface area contributed by atoms with Gasteiger partial charge in [-0.2, -0.15) is 0 Å². The van der Waals surface area contributed by atoms with Gasteiger partial charge in [0.15, 0.2) is 16.4 Å². The van der Waals surface area contributed by atoms with Gasteiger partial charge in [-0.1, -0.05) is 35.1 Å². The number of rotatable bonds is 2. The molecule has 4 heterocycles. The minimum atomic E-state index is -0.568. The van der Waals surface area contributed by atoms with Crippen molar-refractivity contribution in [2.45, 2.75) is 12.5 Å². The number of hydrogen-bond donors (Lipinski definition) is 1. The standard InChI is InChI=1S/C18H12ClFN4O2S/c19-13-7-21-17(27-13)18(25)24-5-4-11-14(23-8-22-11)15(24)12-6-9-2-1-3-10(20)16(9)26-12/h1-3,6-8,15H,4-5H2,(H,22,23)/t15-/m1/s1. The third kappa shape index (κ3) is 2.64. The molecule has 1 aromatic carbocycles. The molecule has 0 saturated heterocycles. The first-order valence-electron chi connectivity index (χ1n) is 8.24. The van der Waals surface area contributed by atoms with E-state index >= 15 is 0 Å². The largest absolute Gasteiger partial charge is 0.455 e. The molecular weight excluding hydrogens is 391 g/mol. The van der Waals surface area contributed by atoms with Crippen LogP contribution in [-0.2, 0) is 6.42 Å². The van der Waals surface area contributed by atoms with Gasteiger partial charge in [0.25, 0.3) is 5.91 Å². The summed E-state index contributed by atoms with van der Waals surface area (Å²) in [6.45, 7) is 0.454. The number of nitrogens with one attached hydrogen (secondary N) is 1. The van der Waals surface area contributed by atoms with Gasteiger partial charge in [-0.25, -0.2) is 14.4 Å². The van der Waals surface area contributed by atoms with Crippen LogP contribution in [0, 0.1) is 5.82 Å². The van der Waals surface area contributed by atoms with Gasteiger partial charge in [0.1, 0.15) is 16.1 Å². The maximum absolute atomic E-state index is 14.1. The van der Waals surface area contributed by atoms with Crippen LogP contribution >= 0.6 is 22.9 Å². The Kier molecular flexibility index (Phi) is 3.76. The van der Waals surface area contributed by atoms with Crippen molar-refractivity contribution in [1.82, 2.24) is 19.9 Å². The molecule has 136 valence electrons. The summed E-state index contributed by atoms with van der Waals surface area (Å²) in [5.41, 5.74) is 1.79. The SMILES string of the molecule is O=C(c1ncc(Cl)s1)N1CCc2[nH]cnc2[C@H]1c1cc2cccc(F)c2o1. The number of benzene rings is 1. The molecule has 0 saturated carbocycles. The van der Waals surface area contributed by atoms with Gasteiger partial charge in [-0.15, -0.1) is 0 Å². The van der Waals surface area contributed by atoms with E-state index in [2.05, 4.69) is 15.0 Å². The first kappa shape index (κ1) is 16.5. The fourth-order valence-electron chi connectivity index (χ4n) is 3.44. The number of imidazole rings is 1.